The van der Waals surface area contributed by atoms with Crippen LogP contribution in [0.4, 0.5) is 10.1 Å². The zero-order chi connectivity index (χ0) is 13.0. The van der Waals surface area contributed by atoms with Crippen LogP contribution in [-0.2, 0) is 0 Å². The van der Waals surface area contributed by atoms with Crippen molar-refractivity contribution in [2.24, 2.45) is 0 Å². The second kappa shape index (κ2) is 6.32. The van der Waals surface area contributed by atoms with Crippen LogP contribution in [0.2, 0.25) is 0 Å². The summed E-state index contributed by atoms with van der Waals surface area (Å²) in [6.45, 7) is 4.70. The molecule has 2 rings (SSSR count). The summed E-state index contributed by atoms with van der Waals surface area (Å²) < 4.78 is 18.7. The van der Waals surface area contributed by atoms with E-state index in [-0.39, 0.29) is 5.82 Å². The number of hydrogen-bond acceptors (Lipinski definition) is 3. The summed E-state index contributed by atoms with van der Waals surface area (Å²) in [7, 11) is 0. The number of rotatable bonds is 4. The van der Waals surface area contributed by atoms with Gasteiger partial charge in [-0.3, -0.25) is 0 Å². The van der Waals surface area contributed by atoms with Crippen molar-refractivity contribution in [3.05, 3.63) is 24.0 Å². The first-order chi connectivity index (χ1) is 8.70. The summed E-state index contributed by atoms with van der Waals surface area (Å²) in [5, 5.41) is 4.08. The van der Waals surface area contributed by atoms with Gasteiger partial charge in [-0.25, -0.2) is 4.39 Å². The first-order valence-electron chi connectivity index (χ1n) is 6.51. The van der Waals surface area contributed by atoms with Crippen molar-refractivity contribution in [3.8, 4) is 5.75 Å². The van der Waals surface area contributed by atoms with Gasteiger partial charge in [0.25, 0.3) is 0 Å². The Hall–Kier alpha value is -0.900. The van der Waals surface area contributed by atoms with Gasteiger partial charge < -0.3 is 10.1 Å². The summed E-state index contributed by atoms with van der Waals surface area (Å²) in [4.78, 5) is 0. The number of halogens is 1. The third kappa shape index (κ3) is 3.31. The molecule has 1 saturated heterocycles. The minimum Gasteiger partial charge on any atom is -0.492 e. The van der Waals surface area contributed by atoms with Crippen LogP contribution in [0.15, 0.2) is 18.2 Å². The van der Waals surface area contributed by atoms with Crippen molar-refractivity contribution in [1.29, 1.82) is 0 Å². The maximum absolute atomic E-state index is 13.2. The van der Waals surface area contributed by atoms with Crippen molar-refractivity contribution in [1.82, 2.24) is 0 Å². The zero-order valence-corrected chi connectivity index (χ0v) is 11.7. The van der Waals surface area contributed by atoms with Crippen LogP contribution in [0.3, 0.4) is 0 Å². The second-order valence-electron chi connectivity index (χ2n) is 4.54. The third-order valence-corrected chi connectivity index (χ3v) is 4.57. The Morgan fingerprint density at radius 1 is 1.50 bits per heavy atom. The summed E-state index contributed by atoms with van der Waals surface area (Å²) in [5.41, 5.74) is 0.901. The van der Waals surface area contributed by atoms with Gasteiger partial charge in [-0.05, 0) is 37.7 Å². The molecule has 2 unspecified atom stereocenters. The van der Waals surface area contributed by atoms with Gasteiger partial charge in [-0.15, -0.1) is 0 Å². The van der Waals surface area contributed by atoms with E-state index in [0.717, 1.165) is 12.1 Å². The molecule has 18 heavy (non-hydrogen) atoms. The van der Waals surface area contributed by atoms with Gasteiger partial charge in [0.05, 0.1) is 12.3 Å². The van der Waals surface area contributed by atoms with Crippen molar-refractivity contribution < 1.29 is 9.13 Å². The van der Waals surface area contributed by atoms with Gasteiger partial charge in [0.15, 0.2) is 0 Å². The van der Waals surface area contributed by atoms with Crippen molar-refractivity contribution in [3.63, 3.8) is 0 Å². The molecule has 100 valence electrons. The molecule has 0 spiro atoms. The predicted molar refractivity (Wildman–Crippen MR) is 76.1 cm³/mol. The average molecular weight is 269 g/mol. The molecule has 1 aromatic carbocycles. The van der Waals surface area contributed by atoms with Gasteiger partial charge in [-0.2, -0.15) is 11.8 Å². The number of thioether (sulfide) groups is 1. The minimum atomic E-state index is -0.255. The standard InChI is InChI=1S/C14H20FNOS/c1-3-17-14-9-11(15)6-7-13(14)16-12-5-4-8-18-10(12)2/h6-7,9-10,12,16H,3-5,8H2,1-2H3. The molecule has 0 saturated carbocycles. The average Bonchev–Trinajstić information content (AvgIpc) is 2.35. The van der Waals surface area contributed by atoms with Crippen LogP contribution in [-0.4, -0.2) is 23.7 Å². The Bertz CT molecular complexity index is 399. The van der Waals surface area contributed by atoms with E-state index in [1.54, 1.807) is 6.07 Å². The first kappa shape index (κ1) is 13.5. The van der Waals surface area contributed by atoms with Crippen LogP contribution in [0.5, 0.6) is 5.75 Å². The summed E-state index contributed by atoms with van der Waals surface area (Å²) in [6.07, 6.45) is 2.40. The van der Waals surface area contributed by atoms with Crippen LogP contribution in [0, 0.1) is 5.82 Å². The largest absolute Gasteiger partial charge is 0.492 e. The topological polar surface area (TPSA) is 21.3 Å². The molecule has 1 aliphatic heterocycles. The molecule has 2 atom stereocenters. The maximum atomic E-state index is 13.2. The fraction of sp³-hybridized carbons (Fsp3) is 0.571. The monoisotopic (exact) mass is 269 g/mol. The van der Waals surface area contributed by atoms with E-state index in [2.05, 4.69) is 12.2 Å². The number of nitrogens with one attached hydrogen (secondary N) is 1. The lowest BCUT2D eigenvalue weighted by atomic mass is 10.1. The Morgan fingerprint density at radius 2 is 2.33 bits per heavy atom. The van der Waals surface area contributed by atoms with Crippen LogP contribution in [0.1, 0.15) is 26.7 Å². The second-order valence-corrected chi connectivity index (χ2v) is 6.03. The third-order valence-electron chi connectivity index (χ3n) is 3.19. The molecular weight excluding hydrogens is 249 g/mol. The van der Waals surface area contributed by atoms with E-state index >= 15 is 0 Å². The lowest BCUT2D eigenvalue weighted by molar-refractivity contribution is 0.339. The SMILES string of the molecule is CCOc1cc(F)ccc1NC1CCCSC1C. The van der Waals surface area contributed by atoms with Crippen LogP contribution < -0.4 is 10.1 Å². The van der Waals surface area contributed by atoms with Gasteiger partial charge in [0.1, 0.15) is 11.6 Å². The highest BCUT2D eigenvalue weighted by Gasteiger charge is 2.22. The van der Waals surface area contributed by atoms with Crippen molar-refractivity contribution in [2.75, 3.05) is 17.7 Å². The lowest BCUT2D eigenvalue weighted by Crippen LogP contribution is -2.32. The van der Waals surface area contributed by atoms with E-state index in [9.17, 15) is 4.39 Å². The predicted octanol–water partition coefficient (Wildman–Crippen LogP) is 3.92. The van der Waals surface area contributed by atoms with Gasteiger partial charge >= 0.3 is 0 Å². The first-order valence-corrected chi connectivity index (χ1v) is 7.56. The maximum Gasteiger partial charge on any atom is 0.145 e. The van der Waals surface area contributed by atoms with Gasteiger partial charge in [0.2, 0.25) is 0 Å². The fourth-order valence-corrected chi connectivity index (χ4v) is 3.34. The Morgan fingerprint density at radius 3 is 3.06 bits per heavy atom. The van der Waals surface area contributed by atoms with E-state index < -0.39 is 0 Å². The number of anilines is 1. The lowest BCUT2D eigenvalue weighted by Gasteiger charge is -2.30. The van der Waals surface area contributed by atoms with Crippen LogP contribution in [0.25, 0.3) is 0 Å². The molecule has 0 amide bonds. The van der Waals surface area contributed by atoms with Gasteiger partial charge in [0, 0.05) is 17.4 Å². The molecule has 0 aliphatic carbocycles. The molecule has 1 N–H and O–H groups in total. The molecule has 0 radical (unpaired) electrons. The number of benzene rings is 1. The minimum absolute atomic E-state index is 0.255. The number of hydrogen-bond donors (Lipinski definition) is 1. The van der Waals surface area contributed by atoms with Crippen molar-refractivity contribution >= 4 is 17.4 Å². The molecule has 1 fully saturated rings. The molecule has 1 heterocycles. The molecule has 1 aliphatic rings. The normalized spacial score (nSPS) is 23.7. The highest BCUT2D eigenvalue weighted by atomic mass is 32.2. The van der Waals surface area contributed by atoms with E-state index in [0.29, 0.717) is 23.6 Å². The Kier molecular flexibility index (Phi) is 4.75. The molecule has 0 bridgehead atoms. The summed E-state index contributed by atoms with van der Waals surface area (Å²) >= 11 is 1.99. The number of ether oxygens (including phenoxy) is 1. The Labute approximate surface area is 112 Å². The molecule has 2 nitrogen and oxygen atoms in total. The fourth-order valence-electron chi connectivity index (χ4n) is 2.20. The van der Waals surface area contributed by atoms with E-state index in [4.69, 9.17) is 4.74 Å². The highest BCUT2D eigenvalue weighted by Crippen LogP contribution is 2.31. The highest BCUT2D eigenvalue weighted by molar-refractivity contribution is 8.00. The Balaban J connectivity index is 2.11. The van der Waals surface area contributed by atoms with Crippen molar-refractivity contribution in [2.45, 2.75) is 38.0 Å². The quantitative estimate of drug-likeness (QED) is 0.895. The van der Waals surface area contributed by atoms with E-state index in [1.165, 1.54) is 24.3 Å². The molecule has 0 aromatic heterocycles. The molecule has 4 heteroatoms. The van der Waals surface area contributed by atoms with Gasteiger partial charge in [-0.1, -0.05) is 6.92 Å². The zero-order valence-electron chi connectivity index (χ0n) is 10.9. The van der Waals surface area contributed by atoms with Crippen LogP contribution >= 0.6 is 11.8 Å². The summed E-state index contributed by atoms with van der Waals surface area (Å²) in [5.74, 6) is 1.59. The molecular formula is C14H20FNOS. The smallest absolute Gasteiger partial charge is 0.145 e. The van der Waals surface area contributed by atoms with E-state index in [1.807, 2.05) is 18.7 Å². The molecule has 1 aromatic rings. The summed E-state index contributed by atoms with van der Waals surface area (Å²) in [6, 6.07) is 5.14.